The molecule has 2 N–H and O–H groups in total. The monoisotopic (exact) mass is 360 g/mol. The van der Waals surface area contributed by atoms with Crippen LogP contribution in [0.3, 0.4) is 0 Å². The fourth-order valence-corrected chi connectivity index (χ4v) is 4.23. The van der Waals surface area contributed by atoms with Crippen LogP contribution in [0.15, 0.2) is 24.5 Å². The van der Waals surface area contributed by atoms with Crippen LogP contribution in [-0.2, 0) is 17.6 Å². The number of benzene rings is 1. The van der Waals surface area contributed by atoms with Crippen molar-refractivity contribution in [1.29, 1.82) is 0 Å². The summed E-state index contributed by atoms with van der Waals surface area (Å²) in [6.07, 6.45) is 4.66. The van der Waals surface area contributed by atoms with E-state index in [-0.39, 0.29) is 18.1 Å². The lowest BCUT2D eigenvalue weighted by atomic mass is 10.2. The smallest absolute Gasteiger partial charge is 0.243 e. The van der Waals surface area contributed by atoms with Crippen molar-refractivity contribution in [3.8, 4) is 0 Å². The van der Waals surface area contributed by atoms with Crippen molar-refractivity contribution in [2.75, 3.05) is 17.2 Å². The quantitative estimate of drug-likeness (QED) is 0.747. The predicted molar refractivity (Wildman–Crippen MR) is 92.9 cm³/mol. The second-order valence-corrected chi connectivity index (χ2v) is 6.87. The van der Waals surface area contributed by atoms with Crippen molar-refractivity contribution in [1.82, 2.24) is 9.97 Å². The summed E-state index contributed by atoms with van der Waals surface area (Å²) in [5.74, 6) is -1.70. The highest BCUT2D eigenvalue weighted by molar-refractivity contribution is 7.19. The number of rotatable bonds is 4. The summed E-state index contributed by atoms with van der Waals surface area (Å²) in [6.45, 7) is -0.0320. The molecule has 1 aromatic carbocycles. The lowest BCUT2D eigenvalue weighted by Crippen LogP contribution is -2.22. The van der Waals surface area contributed by atoms with Gasteiger partial charge in [-0.1, -0.05) is 0 Å². The van der Waals surface area contributed by atoms with E-state index in [0.29, 0.717) is 5.82 Å². The zero-order valence-corrected chi connectivity index (χ0v) is 13.9. The van der Waals surface area contributed by atoms with E-state index in [1.807, 2.05) is 0 Å². The maximum Gasteiger partial charge on any atom is 0.243 e. The Hall–Kier alpha value is -2.61. The molecule has 128 valence electrons. The third-order valence-corrected chi connectivity index (χ3v) is 5.32. The van der Waals surface area contributed by atoms with Crippen LogP contribution >= 0.6 is 11.3 Å². The van der Waals surface area contributed by atoms with E-state index in [9.17, 15) is 13.6 Å². The molecular weight excluding hydrogens is 346 g/mol. The molecular formula is C17H14F2N4OS. The van der Waals surface area contributed by atoms with Gasteiger partial charge in [-0.3, -0.25) is 4.79 Å². The molecule has 1 amide bonds. The molecule has 0 spiro atoms. The van der Waals surface area contributed by atoms with E-state index in [4.69, 9.17) is 0 Å². The van der Waals surface area contributed by atoms with Crippen molar-refractivity contribution in [3.63, 3.8) is 0 Å². The Balaban J connectivity index is 1.48. The molecule has 0 fully saturated rings. The van der Waals surface area contributed by atoms with Crippen molar-refractivity contribution < 1.29 is 13.6 Å². The van der Waals surface area contributed by atoms with E-state index in [1.165, 1.54) is 22.8 Å². The number of halogens is 2. The van der Waals surface area contributed by atoms with Gasteiger partial charge in [-0.25, -0.2) is 18.7 Å². The second-order valence-electron chi connectivity index (χ2n) is 5.79. The number of nitrogens with zero attached hydrogens (tertiary/aromatic N) is 2. The average molecular weight is 360 g/mol. The first-order valence-corrected chi connectivity index (χ1v) is 8.67. The standard InChI is InChI=1S/C17H14F2N4OS/c18-11-5-4-9(6-12(11)19)23-14(24)7-20-16-15-10-2-1-3-13(10)25-17(15)22-8-21-16/h4-6,8H,1-3,7H2,(H,23,24)(H,20,21,22). The lowest BCUT2D eigenvalue weighted by Gasteiger charge is -2.09. The summed E-state index contributed by atoms with van der Waals surface area (Å²) in [5.41, 5.74) is 1.47. The molecule has 1 aliphatic carbocycles. The van der Waals surface area contributed by atoms with Crippen molar-refractivity contribution in [3.05, 3.63) is 46.6 Å². The van der Waals surface area contributed by atoms with E-state index < -0.39 is 11.6 Å². The third-order valence-electron chi connectivity index (χ3n) is 4.12. The highest BCUT2D eigenvalue weighted by atomic mass is 32.1. The molecule has 4 rings (SSSR count). The molecule has 2 aromatic heterocycles. The number of hydrogen-bond donors (Lipinski definition) is 2. The summed E-state index contributed by atoms with van der Waals surface area (Å²) in [4.78, 5) is 22.9. The zero-order chi connectivity index (χ0) is 17.4. The molecule has 0 aliphatic heterocycles. The van der Waals surface area contributed by atoms with Gasteiger partial charge >= 0.3 is 0 Å². The van der Waals surface area contributed by atoms with Crippen LogP contribution in [0.5, 0.6) is 0 Å². The zero-order valence-electron chi connectivity index (χ0n) is 13.1. The molecule has 0 saturated carbocycles. The average Bonchev–Trinajstić information content (AvgIpc) is 3.17. The van der Waals surface area contributed by atoms with Crippen molar-refractivity contribution >= 4 is 39.0 Å². The second kappa shape index (κ2) is 6.36. The van der Waals surface area contributed by atoms with E-state index >= 15 is 0 Å². The summed E-state index contributed by atoms with van der Waals surface area (Å²) < 4.78 is 26.1. The Morgan fingerprint density at radius 3 is 2.92 bits per heavy atom. The molecule has 0 bridgehead atoms. The van der Waals surface area contributed by atoms with Gasteiger partial charge in [0, 0.05) is 16.6 Å². The van der Waals surface area contributed by atoms with Crippen molar-refractivity contribution in [2.45, 2.75) is 19.3 Å². The van der Waals surface area contributed by atoms with Gasteiger partial charge < -0.3 is 10.6 Å². The minimum Gasteiger partial charge on any atom is -0.360 e. The molecule has 1 aliphatic rings. The maximum atomic E-state index is 13.2. The molecule has 25 heavy (non-hydrogen) atoms. The van der Waals surface area contributed by atoms with E-state index in [1.54, 1.807) is 11.3 Å². The SMILES string of the molecule is O=C(CNc1ncnc2sc3c(c12)CCC3)Nc1ccc(F)c(F)c1. The van der Waals surface area contributed by atoms with Gasteiger partial charge in [-0.05, 0) is 37.0 Å². The fourth-order valence-electron chi connectivity index (χ4n) is 3.01. The Kier molecular flexibility index (Phi) is 4.04. The first-order chi connectivity index (χ1) is 12.1. The van der Waals surface area contributed by atoms with E-state index in [0.717, 1.165) is 41.6 Å². The van der Waals surface area contributed by atoms with Crippen molar-refractivity contribution in [2.24, 2.45) is 0 Å². The highest BCUT2D eigenvalue weighted by Gasteiger charge is 2.21. The Morgan fingerprint density at radius 1 is 1.20 bits per heavy atom. The number of thiophene rings is 1. The van der Waals surface area contributed by atoms with E-state index in [2.05, 4.69) is 20.6 Å². The number of carbonyl (C=O) groups is 1. The largest absolute Gasteiger partial charge is 0.360 e. The van der Waals surface area contributed by atoms with Crippen LogP contribution in [0, 0.1) is 11.6 Å². The summed E-state index contributed by atoms with van der Waals surface area (Å²) in [7, 11) is 0. The number of hydrogen-bond acceptors (Lipinski definition) is 5. The van der Waals surface area contributed by atoms with Gasteiger partial charge in [0.05, 0.1) is 11.9 Å². The topological polar surface area (TPSA) is 66.9 Å². The lowest BCUT2D eigenvalue weighted by molar-refractivity contribution is -0.114. The molecule has 5 nitrogen and oxygen atoms in total. The summed E-state index contributed by atoms with van der Waals surface area (Å²) >= 11 is 1.67. The highest BCUT2D eigenvalue weighted by Crippen LogP contribution is 2.38. The van der Waals surface area contributed by atoms with Gasteiger partial charge in [-0.15, -0.1) is 11.3 Å². The summed E-state index contributed by atoms with van der Waals surface area (Å²) in [6, 6.07) is 3.23. The number of carbonyl (C=O) groups excluding carboxylic acids is 1. The summed E-state index contributed by atoms with van der Waals surface area (Å²) in [5, 5.41) is 6.54. The third kappa shape index (κ3) is 3.05. The van der Waals surface area contributed by atoms with Gasteiger partial charge in [0.25, 0.3) is 0 Å². The normalized spacial score (nSPS) is 13.0. The number of amides is 1. The van der Waals surface area contributed by atoms with Gasteiger partial charge in [0.1, 0.15) is 17.0 Å². The van der Waals surface area contributed by atoms with Gasteiger partial charge in [0.15, 0.2) is 11.6 Å². The Morgan fingerprint density at radius 2 is 2.08 bits per heavy atom. The molecule has 0 radical (unpaired) electrons. The molecule has 2 heterocycles. The van der Waals surface area contributed by atoms with Crippen LogP contribution in [0.25, 0.3) is 10.2 Å². The van der Waals surface area contributed by atoms with Crippen LogP contribution in [0.1, 0.15) is 16.9 Å². The minimum absolute atomic E-state index is 0.0320. The Bertz CT molecular complexity index is 973. The molecule has 0 atom stereocenters. The number of fused-ring (bicyclic) bond motifs is 3. The van der Waals surface area contributed by atoms with Gasteiger partial charge in [-0.2, -0.15) is 0 Å². The minimum atomic E-state index is -1.00. The Labute approximate surface area is 146 Å². The van der Waals surface area contributed by atoms with Crippen LogP contribution in [0.2, 0.25) is 0 Å². The molecule has 0 saturated heterocycles. The molecule has 8 heteroatoms. The molecule has 3 aromatic rings. The van der Waals surface area contributed by atoms with Crippen LogP contribution in [0.4, 0.5) is 20.3 Å². The number of anilines is 2. The van der Waals surface area contributed by atoms with Crippen LogP contribution < -0.4 is 10.6 Å². The first kappa shape index (κ1) is 15.9. The number of aryl methyl sites for hydroxylation is 2. The number of nitrogens with one attached hydrogen (secondary N) is 2. The fraction of sp³-hybridized carbons (Fsp3) is 0.235. The maximum absolute atomic E-state index is 13.2. The molecule has 0 unspecified atom stereocenters. The first-order valence-electron chi connectivity index (χ1n) is 7.86. The van der Waals surface area contributed by atoms with Crippen LogP contribution in [-0.4, -0.2) is 22.4 Å². The predicted octanol–water partition coefficient (Wildman–Crippen LogP) is 3.51. The van der Waals surface area contributed by atoms with Gasteiger partial charge in [0.2, 0.25) is 5.91 Å². The number of aromatic nitrogens is 2.